The number of anilines is 2. The zero-order valence-corrected chi connectivity index (χ0v) is 15.2. The van der Waals surface area contributed by atoms with Gasteiger partial charge in [0, 0.05) is 29.0 Å². The average molecular weight is 388 g/mol. The molecule has 0 spiro atoms. The van der Waals surface area contributed by atoms with E-state index in [2.05, 4.69) is 4.74 Å². The summed E-state index contributed by atoms with van der Waals surface area (Å²) in [6.45, 7) is -2.99. The quantitative estimate of drug-likeness (QED) is 0.490. The van der Waals surface area contributed by atoms with Crippen LogP contribution >= 0.6 is 11.6 Å². The first-order valence-corrected chi connectivity index (χ1v) is 8.51. The highest BCUT2D eigenvalue weighted by molar-refractivity contribution is 6.30. The van der Waals surface area contributed by atoms with Crippen molar-refractivity contribution in [2.24, 2.45) is 0 Å². The molecule has 0 aliphatic carbocycles. The topological polar surface area (TPSA) is 29.5 Å². The number of benzene rings is 3. The maximum atomic E-state index is 12.7. The van der Waals surface area contributed by atoms with E-state index in [0.717, 1.165) is 11.4 Å². The van der Waals surface area contributed by atoms with Crippen molar-refractivity contribution in [3.05, 3.63) is 88.9 Å². The molecule has 3 aromatic carbocycles. The van der Waals surface area contributed by atoms with Crippen LogP contribution in [0.15, 0.2) is 72.8 Å². The fourth-order valence-corrected chi connectivity index (χ4v) is 2.78. The predicted molar refractivity (Wildman–Crippen MR) is 102 cm³/mol. The summed E-state index contributed by atoms with van der Waals surface area (Å²) in [7, 11) is 1.89. The van der Waals surface area contributed by atoms with Gasteiger partial charge in [0.2, 0.25) is 0 Å². The van der Waals surface area contributed by atoms with Crippen LogP contribution in [0.1, 0.15) is 15.9 Å². The molecule has 138 valence electrons. The fourth-order valence-electron chi connectivity index (χ4n) is 2.66. The number of rotatable bonds is 6. The lowest BCUT2D eigenvalue weighted by Crippen LogP contribution is -2.11. The minimum Gasteiger partial charge on any atom is -0.434 e. The molecule has 0 aromatic heterocycles. The first-order valence-electron chi connectivity index (χ1n) is 8.13. The maximum absolute atomic E-state index is 12.7. The van der Waals surface area contributed by atoms with E-state index in [1.165, 1.54) is 12.1 Å². The summed E-state index contributed by atoms with van der Waals surface area (Å²) in [4.78, 5) is 14.6. The summed E-state index contributed by atoms with van der Waals surface area (Å²) < 4.78 is 29.5. The lowest BCUT2D eigenvalue weighted by Gasteiger charge is -2.20. The number of ether oxygens (including phenoxy) is 1. The molecule has 0 saturated heterocycles. The minimum absolute atomic E-state index is 0.0941. The van der Waals surface area contributed by atoms with Crippen molar-refractivity contribution >= 4 is 28.8 Å². The summed E-state index contributed by atoms with van der Waals surface area (Å²) >= 11 is 5.91. The Bertz CT molecular complexity index is 928. The third kappa shape index (κ3) is 4.44. The summed E-state index contributed by atoms with van der Waals surface area (Å²) in [6.07, 6.45) is 0. The predicted octanol–water partition coefficient (Wildman–Crippen LogP) is 5.94. The van der Waals surface area contributed by atoms with Gasteiger partial charge in [0.15, 0.2) is 5.78 Å². The van der Waals surface area contributed by atoms with Crippen LogP contribution in [0, 0.1) is 0 Å². The van der Waals surface area contributed by atoms with E-state index < -0.39 is 6.61 Å². The lowest BCUT2D eigenvalue weighted by atomic mass is 10.0. The number of carbonyl (C=O) groups excluding carboxylic acids is 1. The van der Waals surface area contributed by atoms with E-state index in [1.807, 2.05) is 24.1 Å². The van der Waals surface area contributed by atoms with Crippen LogP contribution in [-0.4, -0.2) is 19.4 Å². The van der Waals surface area contributed by atoms with Crippen LogP contribution in [0.3, 0.4) is 0 Å². The highest BCUT2D eigenvalue weighted by Crippen LogP contribution is 2.27. The third-order valence-corrected chi connectivity index (χ3v) is 4.33. The van der Waals surface area contributed by atoms with E-state index in [-0.39, 0.29) is 17.1 Å². The highest BCUT2D eigenvalue weighted by Gasteiger charge is 2.17. The monoisotopic (exact) mass is 387 g/mol. The van der Waals surface area contributed by atoms with Crippen LogP contribution in [0.4, 0.5) is 20.2 Å². The number of alkyl halides is 2. The molecular formula is C21H16ClF2NO2. The van der Waals surface area contributed by atoms with Crippen molar-refractivity contribution in [1.82, 2.24) is 0 Å². The van der Waals surface area contributed by atoms with Gasteiger partial charge in [0.05, 0.1) is 5.56 Å². The Hall–Kier alpha value is -2.92. The van der Waals surface area contributed by atoms with Gasteiger partial charge < -0.3 is 9.64 Å². The zero-order chi connectivity index (χ0) is 19.4. The van der Waals surface area contributed by atoms with Gasteiger partial charge in [-0.3, -0.25) is 4.79 Å². The van der Waals surface area contributed by atoms with E-state index in [0.29, 0.717) is 10.6 Å². The van der Waals surface area contributed by atoms with E-state index in [9.17, 15) is 13.6 Å². The number of nitrogens with zero attached hydrogens (tertiary/aromatic N) is 1. The second-order valence-corrected chi connectivity index (χ2v) is 6.22. The van der Waals surface area contributed by atoms with Crippen LogP contribution in [0.5, 0.6) is 5.75 Å². The maximum Gasteiger partial charge on any atom is 0.387 e. The molecule has 0 unspecified atom stereocenters. The molecule has 0 saturated carbocycles. The van der Waals surface area contributed by atoms with E-state index in [4.69, 9.17) is 11.6 Å². The van der Waals surface area contributed by atoms with Crippen molar-refractivity contribution in [1.29, 1.82) is 0 Å². The number of para-hydroxylation sites is 1. The van der Waals surface area contributed by atoms with Crippen molar-refractivity contribution in [2.45, 2.75) is 6.61 Å². The average Bonchev–Trinajstić information content (AvgIpc) is 2.68. The van der Waals surface area contributed by atoms with Crippen LogP contribution < -0.4 is 9.64 Å². The molecule has 3 nitrogen and oxygen atoms in total. The number of carbonyl (C=O) groups is 1. The molecular weight excluding hydrogens is 372 g/mol. The first kappa shape index (κ1) is 18.9. The van der Waals surface area contributed by atoms with Gasteiger partial charge in [-0.25, -0.2) is 0 Å². The van der Waals surface area contributed by atoms with Gasteiger partial charge in [-0.15, -0.1) is 0 Å². The number of halogens is 3. The molecule has 0 atom stereocenters. The molecule has 27 heavy (non-hydrogen) atoms. The van der Waals surface area contributed by atoms with Crippen LogP contribution in [0.25, 0.3) is 0 Å². The normalized spacial score (nSPS) is 10.7. The Morgan fingerprint density at radius 2 is 1.48 bits per heavy atom. The third-order valence-electron chi connectivity index (χ3n) is 4.08. The van der Waals surface area contributed by atoms with Gasteiger partial charge >= 0.3 is 6.61 Å². The molecule has 0 bridgehead atoms. The van der Waals surface area contributed by atoms with E-state index >= 15 is 0 Å². The zero-order valence-electron chi connectivity index (χ0n) is 14.4. The Labute approximate surface area is 160 Å². The first-order chi connectivity index (χ1) is 13.0. The Morgan fingerprint density at radius 1 is 0.926 bits per heavy atom. The van der Waals surface area contributed by atoms with Crippen molar-refractivity contribution in [2.75, 3.05) is 11.9 Å². The smallest absolute Gasteiger partial charge is 0.387 e. The molecule has 0 aliphatic rings. The molecule has 6 heteroatoms. The lowest BCUT2D eigenvalue weighted by molar-refractivity contribution is -0.0501. The van der Waals surface area contributed by atoms with Crippen molar-refractivity contribution in [3.8, 4) is 5.75 Å². The van der Waals surface area contributed by atoms with Gasteiger partial charge in [-0.05, 0) is 60.7 Å². The van der Waals surface area contributed by atoms with Gasteiger partial charge in [-0.1, -0.05) is 23.7 Å². The number of hydrogen-bond donors (Lipinski definition) is 0. The summed E-state index contributed by atoms with van der Waals surface area (Å²) in [5.74, 6) is -0.521. The standard InChI is InChI=1S/C21H16ClF2NO2/c1-25(17-12-8-15(22)9-13-17)16-10-6-14(7-11-16)20(26)18-4-2-3-5-19(18)27-21(23)24/h2-13,21H,1H3. The van der Waals surface area contributed by atoms with Gasteiger partial charge in [-0.2, -0.15) is 8.78 Å². The van der Waals surface area contributed by atoms with Crippen LogP contribution in [-0.2, 0) is 0 Å². The SMILES string of the molecule is CN(c1ccc(Cl)cc1)c1ccc(C(=O)c2ccccc2OC(F)F)cc1. The van der Waals surface area contributed by atoms with E-state index in [1.54, 1.807) is 48.5 Å². The van der Waals surface area contributed by atoms with Crippen LogP contribution in [0.2, 0.25) is 5.02 Å². The second-order valence-electron chi connectivity index (χ2n) is 5.79. The number of hydrogen-bond acceptors (Lipinski definition) is 3. The Kier molecular flexibility index (Phi) is 5.72. The fraction of sp³-hybridized carbons (Fsp3) is 0.0952. The largest absolute Gasteiger partial charge is 0.434 e. The van der Waals surface area contributed by atoms with Gasteiger partial charge in [0.1, 0.15) is 5.75 Å². The number of ketones is 1. The Balaban J connectivity index is 1.83. The molecule has 0 heterocycles. The summed E-state index contributed by atoms with van der Waals surface area (Å²) in [6, 6.07) is 20.2. The second kappa shape index (κ2) is 8.18. The molecule has 0 fully saturated rings. The van der Waals surface area contributed by atoms with Gasteiger partial charge in [0.25, 0.3) is 0 Å². The molecule has 0 amide bonds. The molecule has 3 aromatic rings. The highest BCUT2D eigenvalue weighted by atomic mass is 35.5. The van der Waals surface area contributed by atoms with Crippen molar-refractivity contribution < 1.29 is 18.3 Å². The Morgan fingerprint density at radius 3 is 2.07 bits per heavy atom. The summed E-state index contributed by atoms with van der Waals surface area (Å²) in [5.41, 5.74) is 2.28. The molecule has 0 radical (unpaired) electrons. The molecule has 0 aliphatic heterocycles. The molecule has 0 N–H and O–H groups in total. The minimum atomic E-state index is -2.99. The van der Waals surface area contributed by atoms with Crippen molar-refractivity contribution in [3.63, 3.8) is 0 Å². The summed E-state index contributed by atoms with van der Waals surface area (Å²) in [5, 5.41) is 0.651. The molecule has 3 rings (SSSR count).